The summed E-state index contributed by atoms with van der Waals surface area (Å²) >= 11 is 0.980. The summed E-state index contributed by atoms with van der Waals surface area (Å²) < 4.78 is 15.0. The molecule has 68 valence electrons. The van der Waals surface area contributed by atoms with Gasteiger partial charge in [-0.2, -0.15) is 0 Å². The monoisotopic (exact) mass is 220 g/mol. The Bertz CT molecular complexity index is 133. The molecule has 0 aromatic carbocycles. The van der Waals surface area contributed by atoms with Gasteiger partial charge in [-0.15, -0.1) is 0 Å². The van der Waals surface area contributed by atoms with Crippen molar-refractivity contribution >= 4 is 53.8 Å². The summed E-state index contributed by atoms with van der Waals surface area (Å²) in [5, 5.41) is -0.0674. The Morgan fingerprint density at radius 1 is 1.17 bits per heavy atom. The predicted octanol–water partition coefficient (Wildman–Crippen LogP) is -0.00760. The van der Waals surface area contributed by atoms with Crippen LogP contribution in [-0.2, 0) is 18.1 Å². The molecule has 0 aromatic heterocycles. The van der Waals surface area contributed by atoms with E-state index in [-0.39, 0.29) is 34.7 Å². The Balaban J connectivity index is 0. The van der Waals surface area contributed by atoms with E-state index in [9.17, 15) is 4.79 Å². The molecule has 0 saturated carbocycles. The minimum atomic E-state index is -2.71. The molecule has 12 heavy (non-hydrogen) atoms. The molecule has 0 heterocycles. The molecule has 0 aliphatic heterocycles. The molecule has 0 aliphatic carbocycles. The van der Waals surface area contributed by atoms with Gasteiger partial charge in [0.2, 0.25) is 0 Å². The van der Waals surface area contributed by atoms with Gasteiger partial charge in [0.15, 0.2) is 5.12 Å². The van der Waals surface area contributed by atoms with E-state index in [1.54, 1.807) is 0 Å². The van der Waals surface area contributed by atoms with E-state index in [1.807, 2.05) is 0 Å². The Morgan fingerprint density at radius 3 is 1.58 bits per heavy atom. The normalized spacial score (nSPS) is 10.7. The van der Waals surface area contributed by atoms with Crippen LogP contribution in [0, 0.1) is 0 Å². The van der Waals surface area contributed by atoms with Gasteiger partial charge in [-0.1, -0.05) is 0 Å². The summed E-state index contributed by atoms with van der Waals surface area (Å²) in [5.41, 5.74) is 0. The zero-order valence-corrected chi connectivity index (χ0v) is 8.86. The first-order valence-electron chi connectivity index (χ1n) is 2.95. The van der Waals surface area contributed by atoms with E-state index in [0.29, 0.717) is 0 Å². The van der Waals surface area contributed by atoms with E-state index in [4.69, 9.17) is 13.3 Å². The van der Waals surface area contributed by atoms with Crippen LogP contribution in [0.3, 0.4) is 0 Å². The van der Waals surface area contributed by atoms with Crippen molar-refractivity contribution in [3.05, 3.63) is 0 Å². The second-order valence-electron chi connectivity index (χ2n) is 1.71. The van der Waals surface area contributed by atoms with Crippen molar-refractivity contribution in [3.8, 4) is 0 Å². The average Bonchev–Trinajstić information content (AvgIpc) is 2.00. The fourth-order valence-electron chi connectivity index (χ4n) is 0.551. The number of carbonyl (C=O) groups is 1. The van der Waals surface area contributed by atoms with E-state index < -0.39 is 7.95 Å². The second-order valence-corrected chi connectivity index (χ2v) is 6.82. The number of rotatable bonds is 4. The Kier molecular flexibility index (Phi) is 9.76. The molecular formula is C5H13NaO4SSi. The molecular weight excluding hydrogens is 207 g/mol. The van der Waals surface area contributed by atoms with Gasteiger partial charge < -0.3 is 13.3 Å². The summed E-state index contributed by atoms with van der Waals surface area (Å²) in [7, 11) is 1.69. The molecule has 0 fully saturated rings. The maximum atomic E-state index is 10.7. The van der Waals surface area contributed by atoms with Crippen LogP contribution in [0.1, 0.15) is 6.92 Å². The quantitative estimate of drug-likeness (QED) is 0.624. The Labute approximate surface area is 99.6 Å². The molecule has 0 spiro atoms. The summed E-state index contributed by atoms with van der Waals surface area (Å²) in [6.45, 7) is 1.45. The van der Waals surface area contributed by atoms with Crippen molar-refractivity contribution in [1.82, 2.24) is 0 Å². The molecule has 0 bridgehead atoms. The standard InChI is InChI=1S/C5H12O4SSi.Na.H/c1-5(6)10-11(7-2,8-3)9-4;;/h1-4H3;;. The van der Waals surface area contributed by atoms with Gasteiger partial charge in [-0.05, 0) is 11.2 Å². The zero-order chi connectivity index (χ0) is 8.91. The van der Waals surface area contributed by atoms with Crippen LogP contribution in [-0.4, -0.2) is 64.0 Å². The van der Waals surface area contributed by atoms with Gasteiger partial charge in [0.05, 0.1) is 0 Å². The summed E-state index contributed by atoms with van der Waals surface area (Å²) in [5.74, 6) is 0. The fourth-order valence-corrected chi connectivity index (χ4v) is 3.46. The van der Waals surface area contributed by atoms with Crippen molar-refractivity contribution < 1.29 is 18.1 Å². The number of carbonyl (C=O) groups excluding carboxylic acids is 1. The Morgan fingerprint density at radius 2 is 1.50 bits per heavy atom. The van der Waals surface area contributed by atoms with Crippen molar-refractivity contribution in [3.63, 3.8) is 0 Å². The summed E-state index contributed by atoms with van der Waals surface area (Å²) in [6, 6.07) is 0. The van der Waals surface area contributed by atoms with E-state index in [0.717, 1.165) is 11.2 Å². The molecule has 0 rings (SSSR count). The average molecular weight is 220 g/mol. The molecule has 4 nitrogen and oxygen atoms in total. The molecule has 0 saturated heterocycles. The van der Waals surface area contributed by atoms with Gasteiger partial charge in [0.1, 0.15) is 0 Å². The van der Waals surface area contributed by atoms with Crippen molar-refractivity contribution in [2.45, 2.75) is 6.92 Å². The second kappa shape index (κ2) is 7.51. The van der Waals surface area contributed by atoms with E-state index in [2.05, 4.69) is 0 Å². The number of hydrogen-bond donors (Lipinski definition) is 0. The first-order chi connectivity index (χ1) is 5.10. The van der Waals surface area contributed by atoms with Crippen LogP contribution >= 0.6 is 11.2 Å². The topological polar surface area (TPSA) is 44.8 Å². The summed E-state index contributed by atoms with van der Waals surface area (Å²) in [6.07, 6.45) is 0. The van der Waals surface area contributed by atoms with Gasteiger partial charge in [-0.3, -0.25) is 4.79 Å². The SMILES string of the molecule is CO[Si](OC)(OC)SC(C)=O.[NaH]. The first kappa shape index (κ1) is 15.6. The molecule has 0 atom stereocenters. The molecule has 0 aliphatic rings. The van der Waals surface area contributed by atoms with Gasteiger partial charge >= 0.3 is 37.5 Å². The molecule has 0 N–H and O–H groups in total. The van der Waals surface area contributed by atoms with Crippen LogP contribution in [0.2, 0.25) is 0 Å². The maximum absolute atomic E-state index is 10.7. The van der Waals surface area contributed by atoms with Crippen molar-refractivity contribution in [2.75, 3.05) is 21.3 Å². The fraction of sp³-hybridized carbons (Fsp3) is 0.800. The van der Waals surface area contributed by atoms with Crippen LogP contribution in [0.25, 0.3) is 0 Å². The van der Waals surface area contributed by atoms with Gasteiger partial charge in [0.25, 0.3) is 0 Å². The van der Waals surface area contributed by atoms with E-state index in [1.165, 1.54) is 28.3 Å². The van der Waals surface area contributed by atoms with Crippen LogP contribution in [0.5, 0.6) is 0 Å². The summed E-state index contributed by atoms with van der Waals surface area (Å²) in [4.78, 5) is 10.7. The molecule has 0 amide bonds. The third-order valence-electron chi connectivity index (χ3n) is 1.02. The Hall–Kier alpha value is 1.12. The third-order valence-corrected chi connectivity index (χ3v) is 6.17. The molecule has 0 aromatic rings. The predicted molar refractivity (Wildman–Crippen MR) is 52.2 cm³/mol. The van der Waals surface area contributed by atoms with Crippen LogP contribution in [0.4, 0.5) is 0 Å². The van der Waals surface area contributed by atoms with Gasteiger partial charge in [0, 0.05) is 28.3 Å². The van der Waals surface area contributed by atoms with Crippen LogP contribution < -0.4 is 0 Å². The first-order valence-corrected chi connectivity index (χ1v) is 6.22. The molecule has 7 heteroatoms. The third kappa shape index (κ3) is 4.98. The number of hydrogen-bond acceptors (Lipinski definition) is 5. The van der Waals surface area contributed by atoms with E-state index >= 15 is 0 Å². The molecule has 0 unspecified atom stereocenters. The van der Waals surface area contributed by atoms with Crippen molar-refractivity contribution in [2.24, 2.45) is 0 Å². The molecule has 0 radical (unpaired) electrons. The van der Waals surface area contributed by atoms with Crippen molar-refractivity contribution in [1.29, 1.82) is 0 Å². The zero-order valence-electron chi connectivity index (χ0n) is 7.04. The van der Waals surface area contributed by atoms with Gasteiger partial charge in [-0.25, -0.2) is 0 Å². The van der Waals surface area contributed by atoms with Crippen LogP contribution in [0.15, 0.2) is 0 Å². The minimum absolute atomic E-state index is 0.